The minimum absolute atomic E-state index is 0.294. The number of fused-ring (bicyclic) bond motifs is 1. The minimum Gasteiger partial charge on any atom is -0.494 e. The first-order valence-corrected chi connectivity index (χ1v) is 10.4. The maximum atomic E-state index is 13.9. The fourth-order valence-electron chi connectivity index (χ4n) is 5.23. The molecule has 3 aliphatic rings. The number of hydrogen-bond donors (Lipinski definition) is 0. The van der Waals surface area contributed by atoms with Crippen molar-refractivity contribution in [3.63, 3.8) is 0 Å². The Hall–Kier alpha value is -1.62. The fourth-order valence-corrected chi connectivity index (χ4v) is 5.23. The molecule has 27 heavy (non-hydrogen) atoms. The zero-order chi connectivity index (χ0) is 18.8. The van der Waals surface area contributed by atoms with E-state index < -0.39 is 0 Å². The molecule has 1 saturated carbocycles. The topological polar surface area (TPSA) is 32.8 Å². The fraction of sp³-hybridized carbons (Fsp3) is 0.682. The van der Waals surface area contributed by atoms with Crippen molar-refractivity contribution in [1.82, 2.24) is 9.80 Å². The zero-order valence-corrected chi connectivity index (χ0v) is 16.3. The van der Waals surface area contributed by atoms with Gasteiger partial charge in [0, 0.05) is 26.1 Å². The van der Waals surface area contributed by atoms with Crippen molar-refractivity contribution < 1.29 is 13.9 Å². The van der Waals surface area contributed by atoms with Gasteiger partial charge in [-0.2, -0.15) is 0 Å². The first-order valence-electron chi connectivity index (χ1n) is 10.4. The van der Waals surface area contributed by atoms with Crippen LogP contribution in [0.2, 0.25) is 0 Å². The number of amides is 1. The smallest absolute Gasteiger partial charge is 0.222 e. The quantitative estimate of drug-likeness (QED) is 0.788. The van der Waals surface area contributed by atoms with E-state index in [2.05, 4.69) is 9.80 Å². The molecule has 2 aliphatic heterocycles. The van der Waals surface area contributed by atoms with E-state index in [1.54, 1.807) is 12.1 Å². The third-order valence-corrected chi connectivity index (χ3v) is 6.87. The van der Waals surface area contributed by atoms with Crippen LogP contribution in [0.3, 0.4) is 0 Å². The van der Waals surface area contributed by atoms with Gasteiger partial charge in [0.1, 0.15) is 0 Å². The Balaban J connectivity index is 1.22. The third kappa shape index (κ3) is 4.29. The molecule has 0 aromatic heterocycles. The summed E-state index contributed by atoms with van der Waals surface area (Å²) in [7, 11) is 1.48. The van der Waals surface area contributed by atoms with Crippen LogP contribution in [0.25, 0.3) is 0 Å². The van der Waals surface area contributed by atoms with Crippen molar-refractivity contribution in [2.24, 2.45) is 17.8 Å². The lowest BCUT2D eigenvalue weighted by Crippen LogP contribution is -2.36. The molecule has 2 heterocycles. The molecule has 0 radical (unpaired) electrons. The molecule has 1 aliphatic carbocycles. The van der Waals surface area contributed by atoms with Crippen LogP contribution >= 0.6 is 0 Å². The van der Waals surface area contributed by atoms with E-state index in [1.165, 1.54) is 26.4 Å². The molecule has 0 spiro atoms. The van der Waals surface area contributed by atoms with Crippen LogP contribution < -0.4 is 4.74 Å². The number of methoxy groups -OCH3 is 1. The van der Waals surface area contributed by atoms with Crippen molar-refractivity contribution in [1.29, 1.82) is 0 Å². The van der Waals surface area contributed by atoms with Crippen LogP contribution in [0.5, 0.6) is 5.75 Å². The lowest BCUT2D eigenvalue weighted by molar-refractivity contribution is -0.131. The van der Waals surface area contributed by atoms with Crippen molar-refractivity contribution in [2.45, 2.75) is 45.1 Å². The molecule has 4 rings (SSSR count). The van der Waals surface area contributed by atoms with Crippen LogP contribution in [-0.4, -0.2) is 49.0 Å². The molecule has 1 aromatic carbocycles. The Bertz CT molecular complexity index is 660. The Morgan fingerprint density at radius 2 is 1.85 bits per heavy atom. The Kier molecular flexibility index (Phi) is 5.67. The van der Waals surface area contributed by atoms with E-state index in [0.717, 1.165) is 63.0 Å². The van der Waals surface area contributed by atoms with Crippen LogP contribution in [0.4, 0.5) is 4.39 Å². The number of carbonyl (C=O) groups is 1. The Labute approximate surface area is 161 Å². The first-order chi connectivity index (χ1) is 13.1. The predicted molar refractivity (Wildman–Crippen MR) is 103 cm³/mol. The highest BCUT2D eigenvalue weighted by atomic mass is 19.1. The maximum absolute atomic E-state index is 13.9. The highest BCUT2D eigenvalue weighted by Gasteiger charge is 2.38. The van der Waals surface area contributed by atoms with Crippen LogP contribution in [0.15, 0.2) is 18.2 Å². The average Bonchev–Trinajstić information content (AvgIpc) is 3.26. The first kappa shape index (κ1) is 18.7. The number of carbonyl (C=O) groups excluding carboxylic acids is 1. The van der Waals surface area contributed by atoms with Crippen LogP contribution in [0.1, 0.15) is 44.1 Å². The lowest BCUT2D eigenvalue weighted by atomic mass is 9.92. The van der Waals surface area contributed by atoms with Gasteiger partial charge in [-0.15, -0.1) is 0 Å². The predicted octanol–water partition coefficient (Wildman–Crippen LogP) is 3.69. The average molecular weight is 375 g/mol. The molecule has 0 N–H and O–H groups in total. The second kappa shape index (κ2) is 8.17. The number of halogens is 1. The number of hydrogen-bond acceptors (Lipinski definition) is 3. The summed E-state index contributed by atoms with van der Waals surface area (Å²) in [5.41, 5.74) is 0.978. The molecular weight excluding hydrogens is 343 g/mol. The van der Waals surface area contributed by atoms with Gasteiger partial charge in [-0.3, -0.25) is 9.69 Å². The van der Waals surface area contributed by atoms with Crippen molar-refractivity contribution in [2.75, 3.05) is 33.3 Å². The normalized spacial score (nSPS) is 26.4. The molecule has 148 valence electrons. The van der Waals surface area contributed by atoms with Gasteiger partial charge in [-0.25, -0.2) is 4.39 Å². The monoisotopic (exact) mass is 374 g/mol. The van der Waals surface area contributed by atoms with Crippen LogP contribution in [-0.2, 0) is 11.3 Å². The molecule has 2 atom stereocenters. The van der Waals surface area contributed by atoms with Gasteiger partial charge in [-0.05, 0) is 74.2 Å². The second-order valence-corrected chi connectivity index (χ2v) is 8.64. The van der Waals surface area contributed by atoms with Crippen molar-refractivity contribution in [3.8, 4) is 5.75 Å². The number of rotatable bonds is 5. The number of likely N-dealkylation sites (tertiary alicyclic amines) is 2. The number of benzene rings is 1. The summed E-state index contributed by atoms with van der Waals surface area (Å²) >= 11 is 0. The van der Waals surface area contributed by atoms with E-state index in [9.17, 15) is 9.18 Å². The van der Waals surface area contributed by atoms with Gasteiger partial charge in [-0.1, -0.05) is 12.5 Å². The Morgan fingerprint density at radius 3 is 2.48 bits per heavy atom. The van der Waals surface area contributed by atoms with Crippen molar-refractivity contribution >= 4 is 5.91 Å². The highest BCUT2D eigenvalue weighted by Crippen LogP contribution is 2.38. The summed E-state index contributed by atoms with van der Waals surface area (Å²) in [6.07, 6.45) is 6.83. The van der Waals surface area contributed by atoms with Crippen LogP contribution in [0, 0.1) is 23.6 Å². The van der Waals surface area contributed by atoms with E-state index in [0.29, 0.717) is 24.0 Å². The van der Waals surface area contributed by atoms with Gasteiger partial charge in [0.25, 0.3) is 0 Å². The summed E-state index contributed by atoms with van der Waals surface area (Å²) in [6.45, 7) is 4.74. The number of nitrogens with zero attached hydrogens (tertiary/aromatic N) is 2. The second-order valence-electron chi connectivity index (χ2n) is 8.64. The maximum Gasteiger partial charge on any atom is 0.222 e. The molecule has 0 bridgehead atoms. The van der Waals surface area contributed by atoms with E-state index in [1.807, 2.05) is 6.07 Å². The summed E-state index contributed by atoms with van der Waals surface area (Å²) in [4.78, 5) is 17.2. The Morgan fingerprint density at radius 1 is 1.15 bits per heavy atom. The number of ether oxygens (including phenoxy) is 1. The third-order valence-electron chi connectivity index (χ3n) is 6.87. The largest absolute Gasteiger partial charge is 0.494 e. The SMILES string of the molecule is COc1ccc(CN2CCC(CC(=O)N3CC4CCCC4C3)CC2)cc1F. The molecule has 1 aromatic rings. The summed E-state index contributed by atoms with van der Waals surface area (Å²) in [5.74, 6) is 2.43. The van der Waals surface area contributed by atoms with E-state index >= 15 is 0 Å². The minimum atomic E-state index is -0.300. The molecule has 2 unspecified atom stereocenters. The lowest BCUT2D eigenvalue weighted by Gasteiger charge is -2.32. The summed E-state index contributed by atoms with van der Waals surface area (Å²) < 4.78 is 18.8. The molecule has 4 nitrogen and oxygen atoms in total. The molecule has 2 saturated heterocycles. The van der Waals surface area contributed by atoms with Gasteiger partial charge < -0.3 is 9.64 Å². The van der Waals surface area contributed by atoms with Crippen molar-refractivity contribution in [3.05, 3.63) is 29.6 Å². The molecule has 1 amide bonds. The molecule has 3 fully saturated rings. The summed E-state index contributed by atoms with van der Waals surface area (Å²) in [5, 5.41) is 0. The van der Waals surface area contributed by atoms with E-state index in [-0.39, 0.29) is 5.82 Å². The van der Waals surface area contributed by atoms with Gasteiger partial charge in [0.2, 0.25) is 5.91 Å². The zero-order valence-electron chi connectivity index (χ0n) is 16.3. The summed E-state index contributed by atoms with van der Waals surface area (Å²) in [6, 6.07) is 5.20. The number of piperidine rings is 1. The van der Waals surface area contributed by atoms with Gasteiger partial charge in [0.15, 0.2) is 11.6 Å². The van der Waals surface area contributed by atoms with Gasteiger partial charge >= 0.3 is 0 Å². The van der Waals surface area contributed by atoms with Gasteiger partial charge in [0.05, 0.1) is 7.11 Å². The van der Waals surface area contributed by atoms with E-state index in [4.69, 9.17) is 4.74 Å². The highest BCUT2D eigenvalue weighted by molar-refractivity contribution is 5.76. The molecular formula is C22H31FN2O2. The standard InChI is InChI=1S/C22H31FN2O2/c1-27-21-6-5-17(11-20(21)23)13-24-9-7-16(8-10-24)12-22(26)25-14-18-3-2-4-19(18)15-25/h5-6,11,16,18-19H,2-4,7-10,12-15H2,1H3. The molecule has 5 heteroatoms.